The molecule has 1 aromatic carbocycles. The average Bonchev–Trinajstić information content (AvgIpc) is 3.38. The van der Waals surface area contributed by atoms with Gasteiger partial charge in [-0.15, -0.1) is 0 Å². The van der Waals surface area contributed by atoms with Crippen molar-refractivity contribution in [2.24, 2.45) is 34.7 Å². The van der Waals surface area contributed by atoms with E-state index in [0.29, 0.717) is 0 Å². The van der Waals surface area contributed by atoms with Gasteiger partial charge in [0.05, 0.1) is 17.5 Å². The maximum atomic E-state index is 12.7. The van der Waals surface area contributed by atoms with Gasteiger partial charge in [0.2, 0.25) is 11.8 Å². The molecule has 7 nitrogen and oxygen atoms in total. The Morgan fingerprint density at radius 3 is 2.52 bits per heavy atom. The van der Waals surface area contributed by atoms with E-state index in [2.05, 4.69) is 5.16 Å². The summed E-state index contributed by atoms with van der Waals surface area (Å²) in [6, 6.07) is 9.84. The highest BCUT2D eigenvalue weighted by atomic mass is 16.6. The van der Waals surface area contributed by atoms with Crippen LogP contribution < -0.4 is 0 Å². The van der Waals surface area contributed by atoms with Gasteiger partial charge in [0.15, 0.2) is 0 Å². The van der Waals surface area contributed by atoms with E-state index in [1.807, 2.05) is 42.5 Å². The minimum atomic E-state index is -1.17. The van der Waals surface area contributed by atoms with E-state index in [4.69, 9.17) is 9.94 Å². The fraction of sp³-hybridized carbons (Fsp3) is 0.400. The first-order chi connectivity index (χ1) is 13.1. The molecule has 0 unspecified atom stereocenters. The van der Waals surface area contributed by atoms with Gasteiger partial charge in [0, 0.05) is 11.8 Å². The van der Waals surface area contributed by atoms with Crippen molar-refractivity contribution in [3.8, 4) is 0 Å². The minimum Gasteiger partial charge on any atom is -0.480 e. The number of carboxylic acids is 1. The van der Waals surface area contributed by atoms with Crippen LogP contribution in [0, 0.1) is 29.6 Å². The van der Waals surface area contributed by atoms with Crippen molar-refractivity contribution in [2.45, 2.75) is 12.5 Å². The van der Waals surface area contributed by atoms with Crippen molar-refractivity contribution in [2.75, 3.05) is 6.54 Å². The first-order valence-corrected chi connectivity index (χ1v) is 9.10. The average molecular weight is 366 g/mol. The number of hydrogen-bond donors (Lipinski definition) is 1. The number of aliphatic carboxylic acids is 1. The van der Waals surface area contributed by atoms with E-state index in [9.17, 15) is 14.4 Å². The highest BCUT2D eigenvalue weighted by molar-refractivity contribution is 6.09. The normalized spacial score (nSPS) is 36.1. The van der Waals surface area contributed by atoms with Crippen molar-refractivity contribution in [1.82, 2.24) is 4.90 Å². The van der Waals surface area contributed by atoms with Crippen molar-refractivity contribution in [1.29, 1.82) is 0 Å². The zero-order valence-corrected chi connectivity index (χ0v) is 14.4. The molecule has 4 aliphatic rings. The standard InChI is InChI=1S/C20H18N2O5/c23-14(24)9-22-19(25)16-11-8-12(17(16)20(22)26)18-15(11)13(21-27-18)7-6-10-4-2-1-3-5-10/h1-7,11-12,15-18H,8-9H2,(H,23,24)/b7-6+/t11-,12-,15-,16-,17+,18-/m1/s1. The van der Waals surface area contributed by atoms with Crippen LogP contribution in [0.1, 0.15) is 12.0 Å². The Balaban J connectivity index is 1.40. The molecule has 3 fully saturated rings. The number of allylic oxidation sites excluding steroid dienone is 1. The molecule has 2 aliphatic carbocycles. The predicted molar refractivity (Wildman–Crippen MR) is 94.2 cm³/mol. The second-order valence-corrected chi connectivity index (χ2v) is 7.63. The number of rotatable bonds is 4. The van der Waals surface area contributed by atoms with E-state index >= 15 is 0 Å². The van der Waals surface area contributed by atoms with Crippen LogP contribution in [0.2, 0.25) is 0 Å². The highest BCUT2D eigenvalue weighted by Crippen LogP contribution is 2.61. The largest absolute Gasteiger partial charge is 0.480 e. The summed E-state index contributed by atoms with van der Waals surface area (Å²) in [5.74, 6) is -2.91. The molecule has 1 N–H and O–H groups in total. The van der Waals surface area contributed by atoms with Crippen LogP contribution in [0.4, 0.5) is 0 Å². The zero-order chi connectivity index (χ0) is 18.7. The number of carbonyl (C=O) groups excluding carboxylic acids is 2. The number of likely N-dealkylation sites (tertiary alicyclic amines) is 1. The van der Waals surface area contributed by atoms with Crippen LogP contribution in [0.5, 0.6) is 0 Å². The molecule has 27 heavy (non-hydrogen) atoms. The smallest absolute Gasteiger partial charge is 0.323 e. The maximum absolute atomic E-state index is 12.7. The van der Waals surface area contributed by atoms with Crippen molar-refractivity contribution < 1.29 is 24.3 Å². The van der Waals surface area contributed by atoms with Gasteiger partial charge in [-0.1, -0.05) is 41.6 Å². The van der Waals surface area contributed by atoms with E-state index in [1.165, 1.54) is 0 Å². The van der Waals surface area contributed by atoms with Crippen molar-refractivity contribution in [3.63, 3.8) is 0 Å². The molecule has 1 saturated heterocycles. The van der Waals surface area contributed by atoms with Gasteiger partial charge in [-0.3, -0.25) is 19.3 Å². The van der Waals surface area contributed by atoms with Crippen LogP contribution in [-0.4, -0.2) is 46.2 Å². The maximum Gasteiger partial charge on any atom is 0.323 e. The number of benzene rings is 1. The van der Waals surface area contributed by atoms with Gasteiger partial charge in [0.25, 0.3) is 0 Å². The monoisotopic (exact) mass is 366 g/mol. The quantitative estimate of drug-likeness (QED) is 0.813. The molecule has 6 atom stereocenters. The second-order valence-electron chi connectivity index (χ2n) is 7.63. The Bertz CT molecular complexity index is 893. The zero-order valence-electron chi connectivity index (χ0n) is 14.4. The van der Waals surface area contributed by atoms with Gasteiger partial charge in [-0.05, 0) is 24.0 Å². The number of hydrogen-bond acceptors (Lipinski definition) is 5. The van der Waals surface area contributed by atoms with Gasteiger partial charge in [0.1, 0.15) is 12.6 Å². The molecule has 5 rings (SSSR count). The SMILES string of the molecule is O=C(O)CN1C(=O)[C@@H]2[C@@H]3C[C@@H]([C@H]4ON=C(/C=C/c5ccccc5)[C@@H]34)[C@@H]2C1=O. The Morgan fingerprint density at radius 1 is 1.11 bits per heavy atom. The summed E-state index contributed by atoms with van der Waals surface area (Å²) < 4.78 is 0. The van der Waals surface area contributed by atoms with Gasteiger partial charge in [-0.25, -0.2) is 0 Å². The molecule has 0 radical (unpaired) electrons. The Labute approximate surface area is 155 Å². The van der Waals surface area contributed by atoms with E-state index in [1.54, 1.807) is 0 Å². The minimum absolute atomic E-state index is 0.0160. The van der Waals surface area contributed by atoms with Crippen LogP contribution in [0.3, 0.4) is 0 Å². The van der Waals surface area contributed by atoms with Crippen LogP contribution in [-0.2, 0) is 19.2 Å². The summed E-state index contributed by atoms with van der Waals surface area (Å²) in [5.41, 5.74) is 1.84. The Hall–Kier alpha value is -2.96. The van der Waals surface area contributed by atoms with E-state index in [-0.39, 0.29) is 35.7 Å². The lowest BCUT2D eigenvalue weighted by Crippen LogP contribution is -2.40. The summed E-state index contributed by atoms with van der Waals surface area (Å²) in [4.78, 5) is 43.0. The highest BCUT2D eigenvalue weighted by Gasteiger charge is 2.70. The lowest BCUT2D eigenvalue weighted by atomic mass is 9.72. The number of fused-ring (bicyclic) bond motifs is 8. The van der Waals surface area contributed by atoms with Crippen LogP contribution in [0.25, 0.3) is 6.08 Å². The molecule has 7 heteroatoms. The van der Waals surface area contributed by atoms with Crippen LogP contribution in [0.15, 0.2) is 41.6 Å². The van der Waals surface area contributed by atoms with Crippen molar-refractivity contribution >= 4 is 29.6 Å². The first-order valence-electron chi connectivity index (χ1n) is 9.10. The number of amides is 2. The molecule has 2 amide bonds. The fourth-order valence-corrected chi connectivity index (χ4v) is 5.39. The third kappa shape index (κ3) is 2.27. The molecular weight excluding hydrogens is 348 g/mol. The summed E-state index contributed by atoms with van der Waals surface area (Å²) >= 11 is 0. The van der Waals surface area contributed by atoms with Gasteiger partial charge < -0.3 is 9.94 Å². The molecule has 138 valence electrons. The molecule has 2 bridgehead atoms. The van der Waals surface area contributed by atoms with Crippen LogP contribution >= 0.6 is 0 Å². The molecular formula is C20H18N2O5. The van der Waals surface area contributed by atoms with Gasteiger partial charge >= 0.3 is 5.97 Å². The Kier molecular flexibility index (Phi) is 3.47. The topological polar surface area (TPSA) is 96.3 Å². The molecule has 1 aromatic rings. The summed E-state index contributed by atoms with van der Waals surface area (Å²) in [6.45, 7) is -0.560. The fourth-order valence-electron chi connectivity index (χ4n) is 5.39. The molecule has 2 saturated carbocycles. The third-order valence-electron chi connectivity index (χ3n) is 6.35. The first kappa shape index (κ1) is 16.2. The molecule has 0 aromatic heterocycles. The number of oxime groups is 1. The second kappa shape index (κ2) is 5.77. The third-order valence-corrected chi connectivity index (χ3v) is 6.35. The summed E-state index contributed by atoms with van der Waals surface area (Å²) in [7, 11) is 0. The number of carbonyl (C=O) groups is 3. The summed E-state index contributed by atoms with van der Waals surface area (Å²) in [6.07, 6.45) is 4.44. The number of nitrogens with zero attached hydrogens (tertiary/aromatic N) is 2. The number of carboxylic acid groups (broad SMARTS) is 1. The summed E-state index contributed by atoms with van der Waals surface area (Å²) in [5, 5.41) is 13.2. The van der Waals surface area contributed by atoms with Gasteiger partial charge in [-0.2, -0.15) is 0 Å². The molecule has 0 spiro atoms. The lowest BCUT2D eigenvalue weighted by Gasteiger charge is -2.29. The van der Waals surface area contributed by atoms with Crippen molar-refractivity contribution in [3.05, 3.63) is 42.0 Å². The Morgan fingerprint density at radius 2 is 1.81 bits per heavy atom. The molecule has 2 heterocycles. The predicted octanol–water partition coefficient (Wildman–Crippen LogP) is 1.41. The van der Waals surface area contributed by atoms with E-state index in [0.717, 1.165) is 22.6 Å². The van der Waals surface area contributed by atoms with E-state index < -0.39 is 24.3 Å². The lowest BCUT2D eigenvalue weighted by molar-refractivity contribution is -0.150. The number of imide groups is 1. The molecule has 2 aliphatic heterocycles.